The first kappa shape index (κ1) is 31.4. The van der Waals surface area contributed by atoms with Crippen molar-refractivity contribution in [2.24, 2.45) is 0 Å². The van der Waals surface area contributed by atoms with Crippen LogP contribution in [0, 0.1) is 6.92 Å². The third-order valence-electron chi connectivity index (χ3n) is 7.64. The highest BCUT2D eigenvalue weighted by molar-refractivity contribution is 6.00. The van der Waals surface area contributed by atoms with E-state index in [2.05, 4.69) is 10.6 Å². The van der Waals surface area contributed by atoms with Crippen molar-refractivity contribution in [2.45, 2.75) is 70.7 Å². The third kappa shape index (κ3) is 7.92. The lowest BCUT2D eigenvalue weighted by atomic mass is 9.98. The molecule has 0 bridgehead atoms. The zero-order valence-electron chi connectivity index (χ0n) is 25.9. The number of phenolic OH excluding ortho intramolecular Hbond substituents is 2. The van der Waals surface area contributed by atoms with Crippen LogP contribution >= 0.6 is 0 Å². The van der Waals surface area contributed by atoms with Gasteiger partial charge in [0.2, 0.25) is 5.91 Å². The van der Waals surface area contributed by atoms with Crippen molar-refractivity contribution in [1.82, 2.24) is 10.2 Å². The zero-order chi connectivity index (χ0) is 32.3. The first-order valence-electron chi connectivity index (χ1n) is 15.1. The van der Waals surface area contributed by atoms with Gasteiger partial charge in [-0.25, -0.2) is 4.79 Å². The second-order valence-electron chi connectivity index (χ2n) is 12.5. The SMILES string of the molecule is Cc1cc(C(C(=O)Nc2ccc3ccccc3c2)N(C(=O)C(Cc2ccc(O)cc2)NC(=O)OC(C)(C)C)C2CC2)ccc1O. The number of ether oxygens (including phenoxy) is 1. The van der Waals surface area contributed by atoms with Gasteiger partial charge in [0.05, 0.1) is 0 Å². The second kappa shape index (κ2) is 12.9. The molecule has 2 unspecified atom stereocenters. The number of nitrogens with one attached hydrogen (secondary N) is 2. The van der Waals surface area contributed by atoms with Gasteiger partial charge in [0.15, 0.2) is 0 Å². The van der Waals surface area contributed by atoms with E-state index < -0.39 is 35.6 Å². The average Bonchev–Trinajstić information content (AvgIpc) is 3.82. The number of anilines is 1. The molecule has 5 rings (SSSR count). The Morgan fingerprint density at radius 3 is 2.24 bits per heavy atom. The topological polar surface area (TPSA) is 128 Å². The highest BCUT2D eigenvalue weighted by atomic mass is 16.6. The molecule has 0 spiro atoms. The summed E-state index contributed by atoms with van der Waals surface area (Å²) in [7, 11) is 0. The lowest BCUT2D eigenvalue weighted by Crippen LogP contribution is -2.54. The fourth-order valence-corrected chi connectivity index (χ4v) is 5.33. The third-order valence-corrected chi connectivity index (χ3v) is 7.64. The molecule has 0 aromatic heterocycles. The van der Waals surface area contributed by atoms with Crippen LogP contribution in [0.3, 0.4) is 0 Å². The molecule has 4 aromatic carbocycles. The molecule has 0 aliphatic heterocycles. The quantitative estimate of drug-likeness (QED) is 0.175. The fourth-order valence-electron chi connectivity index (χ4n) is 5.33. The van der Waals surface area contributed by atoms with Crippen molar-refractivity contribution < 1.29 is 29.3 Å². The molecule has 4 aromatic rings. The highest BCUT2D eigenvalue weighted by Crippen LogP contribution is 2.37. The van der Waals surface area contributed by atoms with Crippen LogP contribution in [0.25, 0.3) is 10.8 Å². The van der Waals surface area contributed by atoms with Crippen molar-refractivity contribution in [3.8, 4) is 11.5 Å². The molecule has 1 saturated carbocycles. The van der Waals surface area contributed by atoms with Gasteiger partial charge in [-0.1, -0.05) is 48.5 Å². The molecule has 0 saturated heterocycles. The van der Waals surface area contributed by atoms with Gasteiger partial charge in [-0.2, -0.15) is 0 Å². The van der Waals surface area contributed by atoms with E-state index in [0.29, 0.717) is 35.2 Å². The van der Waals surface area contributed by atoms with Gasteiger partial charge in [-0.15, -0.1) is 0 Å². The Morgan fingerprint density at radius 2 is 1.60 bits per heavy atom. The van der Waals surface area contributed by atoms with Gasteiger partial charge >= 0.3 is 6.09 Å². The molecule has 1 aliphatic rings. The number of aromatic hydroxyl groups is 2. The number of alkyl carbamates (subject to hydrolysis) is 1. The van der Waals surface area contributed by atoms with E-state index in [4.69, 9.17) is 4.74 Å². The van der Waals surface area contributed by atoms with Gasteiger partial charge in [-0.05, 0) is 104 Å². The molecule has 45 heavy (non-hydrogen) atoms. The van der Waals surface area contributed by atoms with Crippen molar-refractivity contribution in [2.75, 3.05) is 5.32 Å². The smallest absolute Gasteiger partial charge is 0.408 e. The maximum absolute atomic E-state index is 14.6. The number of hydrogen-bond donors (Lipinski definition) is 4. The van der Waals surface area contributed by atoms with Crippen molar-refractivity contribution in [1.29, 1.82) is 0 Å². The summed E-state index contributed by atoms with van der Waals surface area (Å²) in [5.74, 6) is -0.708. The van der Waals surface area contributed by atoms with Crippen LogP contribution in [-0.4, -0.2) is 50.7 Å². The Labute approximate surface area is 262 Å². The predicted octanol–water partition coefficient (Wildman–Crippen LogP) is 6.37. The van der Waals surface area contributed by atoms with E-state index in [1.165, 1.54) is 18.2 Å². The van der Waals surface area contributed by atoms with E-state index in [1.54, 1.807) is 56.9 Å². The summed E-state index contributed by atoms with van der Waals surface area (Å²) in [5, 5.41) is 27.8. The van der Waals surface area contributed by atoms with Crippen LogP contribution in [0.5, 0.6) is 11.5 Å². The molecule has 1 aliphatic carbocycles. The van der Waals surface area contributed by atoms with Crippen molar-refractivity contribution in [3.63, 3.8) is 0 Å². The van der Waals surface area contributed by atoms with Crippen LogP contribution in [0.4, 0.5) is 10.5 Å². The van der Waals surface area contributed by atoms with Crippen LogP contribution in [0.2, 0.25) is 0 Å². The summed E-state index contributed by atoms with van der Waals surface area (Å²) in [6.45, 7) is 6.94. The number of carbonyl (C=O) groups excluding carboxylic acids is 3. The van der Waals surface area contributed by atoms with Crippen LogP contribution in [-0.2, 0) is 20.7 Å². The number of nitrogens with zero attached hydrogens (tertiary/aromatic N) is 1. The van der Waals surface area contributed by atoms with Gasteiger partial charge < -0.3 is 30.5 Å². The van der Waals surface area contributed by atoms with Crippen molar-refractivity contribution >= 4 is 34.4 Å². The normalized spacial score (nSPS) is 14.3. The Hall–Kier alpha value is -5.05. The number of hydrogen-bond acceptors (Lipinski definition) is 6. The lowest BCUT2D eigenvalue weighted by Gasteiger charge is -2.35. The summed E-state index contributed by atoms with van der Waals surface area (Å²) >= 11 is 0. The number of phenols is 2. The van der Waals surface area contributed by atoms with Crippen LogP contribution in [0.1, 0.15) is 56.3 Å². The standard InChI is InChI=1S/C36H39N3O6/c1-22-19-26(12-18-31(22)41)32(33(42)37-27-13-11-24-7-5-6-8-25(24)21-27)39(28-14-15-28)34(43)30(38-35(44)45-36(2,3)4)20-23-9-16-29(40)17-10-23/h5-13,16-19,21,28,30,32,40-41H,14-15,20H2,1-4H3,(H,37,42)(H,38,44). The maximum atomic E-state index is 14.6. The second-order valence-corrected chi connectivity index (χ2v) is 12.5. The minimum absolute atomic E-state index is 0.0773. The van der Waals surface area contributed by atoms with E-state index >= 15 is 0 Å². The Morgan fingerprint density at radius 1 is 0.911 bits per heavy atom. The fraction of sp³-hybridized carbons (Fsp3) is 0.306. The van der Waals surface area contributed by atoms with E-state index in [1.807, 2.05) is 42.5 Å². The number of amides is 3. The molecule has 9 heteroatoms. The number of benzene rings is 4. The summed E-state index contributed by atoms with van der Waals surface area (Å²) in [6.07, 6.45) is 0.741. The molecule has 3 amide bonds. The average molecular weight is 610 g/mol. The minimum atomic E-state index is -1.07. The molecule has 4 N–H and O–H groups in total. The first-order chi connectivity index (χ1) is 21.4. The Kier molecular flexibility index (Phi) is 8.99. The Balaban J connectivity index is 1.52. The molecule has 9 nitrogen and oxygen atoms in total. The largest absolute Gasteiger partial charge is 0.508 e. The number of carbonyl (C=O) groups is 3. The molecule has 2 atom stereocenters. The van der Waals surface area contributed by atoms with Crippen LogP contribution < -0.4 is 10.6 Å². The highest BCUT2D eigenvalue weighted by Gasteiger charge is 2.44. The number of rotatable bonds is 9. The number of aryl methyl sites for hydroxylation is 1. The van der Waals surface area contributed by atoms with Gasteiger partial charge in [0, 0.05) is 18.2 Å². The monoisotopic (exact) mass is 609 g/mol. The summed E-state index contributed by atoms with van der Waals surface area (Å²) in [4.78, 5) is 43.4. The van der Waals surface area contributed by atoms with Gasteiger partial charge in [-0.3, -0.25) is 9.59 Å². The van der Waals surface area contributed by atoms with Crippen LogP contribution in [0.15, 0.2) is 84.9 Å². The molecule has 234 valence electrons. The number of fused-ring (bicyclic) bond motifs is 1. The molecule has 1 fully saturated rings. The van der Waals surface area contributed by atoms with Gasteiger partial charge in [0.25, 0.3) is 5.91 Å². The lowest BCUT2D eigenvalue weighted by molar-refractivity contribution is -0.141. The maximum Gasteiger partial charge on any atom is 0.408 e. The van der Waals surface area contributed by atoms with E-state index in [0.717, 1.165) is 10.8 Å². The molecular weight excluding hydrogens is 570 g/mol. The van der Waals surface area contributed by atoms with Gasteiger partial charge in [0.1, 0.15) is 29.2 Å². The Bertz CT molecular complexity index is 1710. The molecule has 0 radical (unpaired) electrons. The van der Waals surface area contributed by atoms with Crippen molar-refractivity contribution in [3.05, 3.63) is 102 Å². The molecular formula is C36H39N3O6. The molecule has 0 heterocycles. The van der Waals surface area contributed by atoms with E-state index in [9.17, 15) is 24.6 Å². The first-order valence-corrected chi connectivity index (χ1v) is 15.1. The van der Waals surface area contributed by atoms with E-state index in [-0.39, 0.29) is 24.0 Å². The predicted molar refractivity (Wildman–Crippen MR) is 173 cm³/mol. The summed E-state index contributed by atoms with van der Waals surface area (Å²) in [5.41, 5.74) is 1.58. The zero-order valence-corrected chi connectivity index (χ0v) is 25.9. The summed E-state index contributed by atoms with van der Waals surface area (Å²) < 4.78 is 5.50. The minimum Gasteiger partial charge on any atom is -0.508 e. The summed E-state index contributed by atoms with van der Waals surface area (Å²) in [6, 6.07) is 22.4.